The molecule has 0 atom stereocenters. The Hall–Kier alpha value is -1.10. The predicted molar refractivity (Wildman–Crippen MR) is 39.2 cm³/mol. The van der Waals surface area contributed by atoms with Crippen molar-refractivity contribution in [3.05, 3.63) is 0 Å². The Labute approximate surface area is 64.8 Å². The van der Waals surface area contributed by atoms with Crippen LogP contribution in [-0.2, 0) is 9.59 Å². The third kappa shape index (κ3) is 6.79. The molecule has 64 valence electrons. The fourth-order valence-electron chi connectivity index (χ4n) is 0.501. The van der Waals surface area contributed by atoms with Crippen molar-refractivity contribution >= 4 is 11.9 Å². The Morgan fingerprint density at radius 2 is 2.09 bits per heavy atom. The summed E-state index contributed by atoms with van der Waals surface area (Å²) in [5, 5.41) is 13.2. The zero-order chi connectivity index (χ0) is 8.69. The second-order valence-corrected chi connectivity index (χ2v) is 2.02. The monoisotopic (exact) mass is 160 g/mol. The summed E-state index contributed by atoms with van der Waals surface area (Å²) >= 11 is 0. The molecule has 0 fully saturated rings. The first-order valence-corrected chi connectivity index (χ1v) is 3.30. The lowest BCUT2D eigenvalue weighted by Gasteiger charge is -2.00. The van der Waals surface area contributed by atoms with E-state index in [1.54, 1.807) is 7.05 Å². The van der Waals surface area contributed by atoms with Crippen LogP contribution >= 0.6 is 0 Å². The van der Waals surface area contributed by atoms with Gasteiger partial charge in [0.2, 0.25) is 5.91 Å². The van der Waals surface area contributed by atoms with Gasteiger partial charge in [0.05, 0.1) is 0 Å². The molecule has 5 nitrogen and oxygen atoms in total. The summed E-state index contributed by atoms with van der Waals surface area (Å²) in [6.45, 7) is 0.258. The van der Waals surface area contributed by atoms with E-state index in [1.165, 1.54) is 0 Å². The Kier molecular flexibility index (Phi) is 5.10. The number of hydrogen-bond acceptors (Lipinski definition) is 3. The molecule has 3 N–H and O–H groups in total. The van der Waals surface area contributed by atoms with E-state index in [0.717, 1.165) is 0 Å². The van der Waals surface area contributed by atoms with Crippen LogP contribution in [0.1, 0.15) is 6.42 Å². The first kappa shape index (κ1) is 9.90. The van der Waals surface area contributed by atoms with Crippen LogP contribution in [0.5, 0.6) is 0 Å². The van der Waals surface area contributed by atoms with Crippen molar-refractivity contribution in [3.63, 3.8) is 0 Å². The zero-order valence-electron chi connectivity index (χ0n) is 6.39. The van der Waals surface area contributed by atoms with Crippen molar-refractivity contribution in [3.8, 4) is 0 Å². The van der Waals surface area contributed by atoms with Gasteiger partial charge in [-0.3, -0.25) is 9.59 Å². The highest BCUT2D eigenvalue weighted by atomic mass is 16.4. The lowest BCUT2D eigenvalue weighted by atomic mass is 10.4. The van der Waals surface area contributed by atoms with Crippen LogP contribution in [0.2, 0.25) is 0 Å². The lowest BCUT2D eigenvalue weighted by molar-refractivity contribution is -0.137. The summed E-state index contributed by atoms with van der Waals surface area (Å²) in [6.07, 6.45) is 0.309. The van der Waals surface area contributed by atoms with E-state index in [0.29, 0.717) is 13.0 Å². The molecule has 0 unspecified atom stereocenters. The maximum Gasteiger partial charge on any atom is 0.322 e. The van der Waals surface area contributed by atoms with Crippen molar-refractivity contribution in [1.82, 2.24) is 10.6 Å². The molecular formula is C6H12N2O3. The van der Waals surface area contributed by atoms with Gasteiger partial charge < -0.3 is 15.7 Å². The highest BCUT2D eigenvalue weighted by molar-refractivity contribution is 5.81. The van der Waals surface area contributed by atoms with Crippen LogP contribution in [0, 0.1) is 0 Å². The van der Waals surface area contributed by atoms with Crippen molar-refractivity contribution in [2.24, 2.45) is 0 Å². The van der Waals surface area contributed by atoms with E-state index in [1.807, 2.05) is 0 Å². The third-order valence-electron chi connectivity index (χ3n) is 1.04. The summed E-state index contributed by atoms with van der Waals surface area (Å²) in [4.78, 5) is 20.6. The third-order valence-corrected chi connectivity index (χ3v) is 1.04. The van der Waals surface area contributed by atoms with E-state index in [2.05, 4.69) is 10.6 Å². The minimum Gasteiger partial charge on any atom is -0.480 e. The number of hydrogen-bond donors (Lipinski definition) is 3. The number of carboxylic acid groups (broad SMARTS) is 1. The molecule has 0 rings (SSSR count). The molecule has 0 saturated heterocycles. The SMILES string of the molecule is CNCCC(=O)NCC(=O)O. The maximum atomic E-state index is 10.7. The molecule has 0 aliphatic carbocycles. The second-order valence-electron chi connectivity index (χ2n) is 2.02. The maximum absolute atomic E-state index is 10.7. The van der Waals surface area contributed by atoms with Crippen molar-refractivity contribution in [2.75, 3.05) is 20.1 Å². The molecule has 0 bridgehead atoms. The van der Waals surface area contributed by atoms with Gasteiger partial charge in [0, 0.05) is 13.0 Å². The Morgan fingerprint density at radius 1 is 1.45 bits per heavy atom. The van der Waals surface area contributed by atoms with Crippen molar-refractivity contribution in [1.29, 1.82) is 0 Å². The van der Waals surface area contributed by atoms with E-state index >= 15 is 0 Å². The van der Waals surface area contributed by atoms with Crippen LogP contribution in [0.15, 0.2) is 0 Å². The minimum absolute atomic E-state index is 0.248. The molecule has 0 aliphatic rings. The molecule has 0 spiro atoms. The fraction of sp³-hybridized carbons (Fsp3) is 0.667. The number of rotatable bonds is 5. The number of carboxylic acids is 1. The lowest BCUT2D eigenvalue weighted by Crippen LogP contribution is -2.31. The number of carbonyl (C=O) groups excluding carboxylic acids is 1. The topological polar surface area (TPSA) is 78.4 Å². The number of carbonyl (C=O) groups is 2. The van der Waals surface area contributed by atoms with Gasteiger partial charge in [-0.05, 0) is 7.05 Å². The molecule has 0 aromatic carbocycles. The first-order valence-electron chi connectivity index (χ1n) is 3.30. The van der Waals surface area contributed by atoms with E-state index < -0.39 is 5.97 Å². The van der Waals surface area contributed by atoms with Gasteiger partial charge in [-0.15, -0.1) is 0 Å². The van der Waals surface area contributed by atoms with Gasteiger partial charge in [0.1, 0.15) is 6.54 Å². The number of amides is 1. The van der Waals surface area contributed by atoms with Gasteiger partial charge in [0.25, 0.3) is 0 Å². The van der Waals surface area contributed by atoms with E-state index in [4.69, 9.17) is 5.11 Å². The molecular weight excluding hydrogens is 148 g/mol. The molecule has 0 radical (unpaired) electrons. The summed E-state index contributed by atoms with van der Waals surface area (Å²) in [5.41, 5.74) is 0. The van der Waals surface area contributed by atoms with Gasteiger partial charge in [0.15, 0.2) is 0 Å². The Morgan fingerprint density at radius 3 is 2.55 bits per heavy atom. The Balaban J connectivity index is 3.30. The van der Waals surface area contributed by atoms with Gasteiger partial charge in [-0.1, -0.05) is 0 Å². The van der Waals surface area contributed by atoms with Crippen LogP contribution in [-0.4, -0.2) is 37.1 Å². The highest BCUT2D eigenvalue weighted by Crippen LogP contribution is 1.74. The van der Waals surface area contributed by atoms with Crippen LogP contribution in [0.4, 0.5) is 0 Å². The molecule has 5 heteroatoms. The van der Waals surface area contributed by atoms with Crippen molar-refractivity contribution < 1.29 is 14.7 Å². The van der Waals surface area contributed by atoms with Crippen LogP contribution in [0.25, 0.3) is 0 Å². The largest absolute Gasteiger partial charge is 0.480 e. The van der Waals surface area contributed by atoms with Gasteiger partial charge in [-0.25, -0.2) is 0 Å². The summed E-state index contributed by atoms with van der Waals surface area (Å²) in [5.74, 6) is -1.27. The normalized spacial score (nSPS) is 9.18. The predicted octanol–water partition coefficient (Wildman–Crippen LogP) is -1.20. The van der Waals surface area contributed by atoms with E-state index in [-0.39, 0.29) is 12.5 Å². The van der Waals surface area contributed by atoms with Gasteiger partial charge >= 0.3 is 5.97 Å². The average Bonchev–Trinajstić information content (AvgIpc) is 1.97. The molecule has 0 saturated carbocycles. The molecule has 11 heavy (non-hydrogen) atoms. The molecule has 0 aromatic heterocycles. The average molecular weight is 160 g/mol. The first-order chi connectivity index (χ1) is 5.16. The smallest absolute Gasteiger partial charge is 0.322 e. The zero-order valence-corrected chi connectivity index (χ0v) is 6.39. The van der Waals surface area contributed by atoms with Crippen molar-refractivity contribution in [2.45, 2.75) is 6.42 Å². The number of nitrogens with one attached hydrogen (secondary N) is 2. The second kappa shape index (κ2) is 5.67. The van der Waals surface area contributed by atoms with Crippen LogP contribution < -0.4 is 10.6 Å². The minimum atomic E-state index is -1.03. The summed E-state index contributed by atoms with van der Waals surface area (Å²) in [6, 6.07) is 0. The molecule has 0 aliphatic heterocycles. The van der Waals surface area contributed by atoms with E-state index in [9.17, 15) is 9.59 Å². The standard InChI is InChI=1S/C6H12N2O3/c1-7-3-2-5(9)8-4-6(10)11/h7H,2-4H2,1H3,(H,8,9)(H,10,11). The van der Waals surface area contributed by atoms with Crippen LogP contribution in [0.3, 0.4) is 0 Å². The molecule has 0 heterocycles. The number of aliphatic carboxylic acids is 1. The summed E-state index contributed by atoms with van der Waals surface area (Å²) in [7, 11) is 1.73. The summed E-state index contributed by atoms with van der Waals surface area (Å²) < 4.78 is 0. The quantitative estimate of drug-likeness (QED) is 0.472. The Bertz CT molecular complexity index is 147. The molecule has 1 amide bonds. The fourth-order valence-corrected chi connectivity index (χ4v) is 0.501. The highest BCUT2D eigenvalue weighted by Gasteiger charge is 2.01. The van der Waals surface area contributed by atoms with Gasteiger partial charge in [-0.2, -0.15) is 0 Å². The molecule has 0 aromatic rings.